The average Bonchev–Trinajstić information content (AvgIpc) is 3.78. The number of nitrogens with zero attached hydrogens (tertiary/aromatic N) is 8. The zero-order chi connectivity index (χ0) is 47.1. The van der Waals surface area contributed by atoms with Crippen LogP contribution < -0.4 is 24.7 Å². The first kappa shape index (κ1) is 44.5. The first-order chi connectivity index (χ1) is 31.3. The number of aromatic nitrogens is 7. The van der Waals surface area contributed by atoms with Crippen molar-refractivity contribution in [3.8, 4) is 17.3 Å². The van der Waals surface area contributed by atoms with Gasteiger partial charge in [-0.2, -0.15) is 24.0 Å². The molecule has 2 aliphatic rings. The second-order valence-electron chi connectivity index (χ2n) is 16.0. The Hall–Kier alpha value is -6.68. The van der Waals surface area contributed by atoms with E-state index in [1.54, 1.807) is 24.3 Å². The molecule has 0 unspecified atom stereocenters. The van der Waals surface area contributed by atoms with E-state index in [2.05, 4.69) is 20.5 Å². The molecule has 0 radical (unpaired) electrons. The largest absolute Gasteiger partial charge is 0.497 e. The van der Waals surface area contributed by atoms with Crippen LogP contribution in [0.2, 0.25) is 5.02 Å². The van der Waals surface area contributed by atoms with Gasteiger partial charge in [-0.25, -0.2) is 35.3 Å². The number of halogens is 7. The Kier molecular flexibility index (Phi) is 11.0. The number of carbonyl (C=O) groups is 1. The summed E-state index contributed by atoms with van der Waals surface area (Å²) >= 11 is 6.86. The van der Waals surface area contributed by atoms with Crippen LogP contribution in [-0.4, -0.2) is 68.9 Å². The van der Waals surface area contributed by atoms with Gasteiger partial charge < -0.3 is 14.8 Å². The fourth-order valence-corrected chi connectivity index (χ4v) is 9.77. The molecular formula is C43H36ClF6N9O6S. The van der Waals surface area contributed by atoms with Crippen molar-refractivity contribution in [1.29, 1.82) is 0 Å². The van der Waals surface area contributed by atoms with Crippen molar-refractivity contribution in [2.75, 3.05) is 24.8 Å². The molecule has 0 saturated heterocycles. The van der Waals surface area contributed by atoms with Crippen molar-refractivity contribution in [2.24, 2.45) is 13.0 Å². The molecule has 3 aromatic carbocycles. The van der Waals surface area contributed by atoms with Gasteiger partial charge in [-0.1, -0.05) is 23.7 Å². The molecular weight excluding hydrogens is 920 g/mol. The van der Waals surface area contributed by atoms with Crippen LogP contribution in [0.3, 0.4) is 0 Å². The van der Waals surface area contributed by atoms with Crippen LogP contribution in [0.5, 0.6) is 11.6 Å². The number of aryl methyl sites for hydroxylation is 1. The molecule has 3 atom stereocenters. The van der Waals surface area contributed by atoms with E-state index in [9.17, 15) is 35.6 Å². The summed E-state index contributed by atoms with van der Waals surface area (Å²) in [6.45, 7) is -1.22. The molecule has 4 aromatic heterocycles. The van der Waals surface area contributed by atoms with E-state index in [4.69, 9.17) is 26.1 Å². The zero-order valence-electron chi connectivity index (χ0n) is 35.1. The van der Waals surface area contributed by atoms with Crippen molar-refractivity contribution in [1.82, 2.24) is 39.4 Å². The highest BCUT2D eigenvalue weighted by atomic mass is 35.5. The molecule has 1 amide bonds. The number of hydrogen-bond donors (Lipinski definition) is 1. The van der Waals surface area contributed by atoms with Gasteiger partial charge in [0.2, 0.25) is 21.8 Å². The molecule has 1 saturated carbocycles. The van der Waals surface area contributed by atoms with Gasteiger partial charge in [-0.15, -0.1) is 0 Å². The number of pyridine rings is 1. The standard InChI is InChI=1S/C43H36ClF6N9O6S/c1-56-36-30(11-10-28(44)34(36)41(55-56)58(66(4,62)63)18-20-5-7-24(64-2)8-6-20)59-40(53-39-25(42(59)61)9-12-32(52-39)65-3)29(15-21-13-22(45)16-23(46)14-21)51-31(60)19-57-37-33(35(54-57)38(47)48)26-17-27(26)43(37,49)50/h5-14,16,26-27,29,38H,15,17-19H2,1-4H3,(H,51,60)/t26-,27+,29-/m0/s1. The van der Waals surface area contributed by atoms with Gasteiger partial charge in [0.15, 0.2) is 11.5 Å². The van der Waals surface area contributed by atoms with Crippen LogP contribution >= 0.6 is 11.6 Å². The molecule has 9 rings (SSSR count). The van der Waals surface area contributed by atoms with Gasteiger partial charge in [-0.05, 0) is 65.9 Å². The molecule has 23 heteroatoms. The van der Waals surface area contributed by atoms with E-state index in [0.717, 1.165) is 27.3 Å². The first-order valence-corrected chi connectivity index (χ1v) is 22.3. The van der Waals surface area contributed by atoms with Gasteiger partial charge >= 0.3 is 0 Å². The molecule has 344 valence electrons. The Morgan fingerprint density at radius 1 is 0.985 bits per heavy atom. The summed E-state index contributed by atoms with van der Waals surface area (Å²) in [5, 5.41) is 10.9. The van der Waals surface area contributed by atoms with E-state index in [-0.39, 0.29) is 74.3 Å². The van der Waals surface area contributed by atoms with Crippen LogP contribution in [0.25, 0.3) is 27.6 Å². The van der Waals surface area contributed by atoms with Gasteiger partial charge in [0.1, 0.15) is 41.1 Å². The zero-order valence-corrected chi connectivity index (χ0v) is 36.6. The van der Waals surface area contributed by atoms with Crippen LogP contribution in [0, 0.1) is 17.6 Å². The minimum atomic E-state index is -4.10. The normalized spacial score (nSPS) is 16.7. The van der Waals surface area contributed by atoms with Crippen molar-refractivity contribution < 1.29 is 49.0 Å². The van der Waals surface area contributed by atoms with Crippen LogP contribution in [0.1, 0.15) is 58.7 Å². The van der Waals surface area contributed by atoms with E-state index in [1.807, 2.05) is 0 Å². The number of methoxy groups -OCH3 is 2. The summed E-state index contributed by atoms with van der Waals surface area (Å²) in [5.41, 5.74) is -2.44. The Morgan fingerprint density at radius 3 is 2.35 bits per heavy atom. The van der Waals surface area contributed by atoms with E-state index in [1.165, 1.54) is 50.2 Å². The van der Waals surface area contributed by atoms with Gasteiger partial charge in [0.25, 0.3) is 17.9 Å². The molecule has 4 heterocycles. The number of nitrogens with one attached hydrogen (secondary N) is 1. The maximum Gasteiger partial charge on any atom is 0.293 e. The number of fused-ring (bicyclic) bond motifs is 5. The Morgan fingerprint density at radius 2 is 1.70 bits per heavy atom. The minimum Gasteiger partial charge on any atom is -0.497 e. The van der Waals surface area contributed by atoms with E-state index >= 15 is 8.78 Å². The maximum absolute atomic E-state index is 15.6. The summed E-state index contributed by atoms with van der Waals surface area (Å²) < 4.78 is 130. The predicted octanol–water partition coefficient (Wildman–Crippen LogP) is 7.03. The van der Waals surface area contributed by atoms with E-state index < -0.39 is 87.7 Å². The quantitative estimate of drug-likeness (QED) is 0.112. The van der Waals surface area contributed by atoms with Gasteiger partial charge in [0.05, 0.1) is 60.1 Å². The number of hydrogen-bond acceptors (Lipinski definition) is 10. The highest BCUT2D eigenvalue weighted by Gasteiger charge is 2.67. The first-order valence-electron chi connectivity index (χ1n) is 20.0. The molecule has 66 heavy (non-hydrogen) atoms. The lowest BCUT2D eigenvalue weighted by atomic mass is 10.0. The maximum atomic E-state index is 15.6. The van der Waals surface area contributed by atoms with Crippen molar-refractivity contribution in [3.05, 3.63) is 128 Å². The monoisotopic (exact) mass is 955 g/mol. The van der Waals surface area contributed by atoms with Gasteiger partial charge in [0, 0.05) is 37.1 Å². The fraction of sp³-hybridized carbons (Fsp3) is 0.302. The summed E-state index contributed by atoms with van der Waals surface area (Å²) in [7, 11) is 0.160. The molecule has 0 aliphatic heterocycles. The number of anilines is 1. The number of sulfonamides is 1. The summed E-state index contributed by atoms with van der Waals surface area (Å²) in [6.07, 6.45) is -2.76. The molecule has 7 aromatic rings. The number of carbonyl (C=O) groups excluding carboxylic acids is 1. The second-order valence-corrected chi connectivity index (χ2v) is 18.3. The number of ether oxygens (including phenoxy) is 2. The molecule has 1 N–H and O–H groups in total. The van der Waals surface area contributed by atoms with Gasteiger partial charge in [-0.3, -0.25) is 23.5 Å². The van der Waals surface area contributed by atoms with Crippen molar-refractivity contribution >= 4 is 55.3 Å². The number of amides is 1. The van der Waals surface area contributed by atoms with Crippen molar-refractivity contribution in [2.45, 2.75) is 50.2 Å². The SMILES string of the molecule is COc1ccc(CN(c2nn(C)c3c(-n4c([C@H](Cc5cc(F)cc(F)c5)NC(=O)Cn5nc(C(F)F)c6c5C(F)(F)[C@@H]5C[C@H]65)nc5nc(OC)ccc5c4=O)ccc(Cl)c23)S(C)(=O)=O)cc1. The molecule has 0 spiro atoms. The Bertz CT molecular complexity index is 3270. The van der Waals surface area contributed by atoms with Crippen LogP contribution in [-0.2, 0) is 47.3 Å². The lowest BCUT2D eigenvalue weighted by Crippen LogP contribution is -2.38. The highest BCUT2D eigenvalue weighted by Crippen LogP contribution is 2.68. The fourth-order valence-electron chi connectivity index (χ4n) is 8.71. The third kappa shape index (κ3) is 7.73. The summed E-state index contributed by atoms with van der Waals surface area (Å²) in [5.74, 6) is -8.60. The topological polar surface area (TPSA) is 168 Å². The number of rotatable bonds is 14. The lowest BCUT2D eigenvalue weighted by Gasteiger charge is -2.24. The molecule has 15 nitrogen and oxygen atoms in total. The number of benzene rings is 3. The number of alkyl halides is 4. The molecule has 1 fully saturated rings. The second kappa shape index (κ2) is 16.3. The summed E-state index contributed by atoms with van der Waals surface area (Å²) in [4.78, 5) is 38.2. The highest BCUT2D eigenvalue weighted by molar-refractivity contribution is 7.92. The molecule has 0 bridgehead atoms. The lowest BCUT2D eigenvalue weighted by molar-refractivity contribution is -0.123. The van der Waals surface area contributed by atoms with Crippen LogP contribution in [0.4, 0.5) is 32.2 Å². The molecule has 2 aliphatic carbocycles. The Balaban J connectivity index is 1.23. The van der Waals surface area contributed by atoms with Crippen LogP contribution in [0.15, 0.2) is 71.5 Å². The van der Waals surface area contributed by atoms with E-state index in [0.29, 0.717) is 22.1 Å². The smallest absolute Gasteiger partial charge is 0.293 e. The third-order valence-corrected chi connectivity index (χ3v) is 13.1. The Labute approximate surface area is 375 Å². The average molecular weight is 956 g/mol. The predicted molar refractivity (Wildman–Crippen MR) is 228 cm³/mol. The minimum absolute atomic E-state index is 0.0134. The summed E-state index contributed by atoms with van der Waals surface area (Å²) in [6, 6.07) is 13.1. The third-order valence-electron chi connectivity index (χ3n) is 11.7. The van der Waals surface area contributed by atoms with Crippen molar-refractivity contribution in [3.63, 3.8) is 0 Å².